The minimum atomic E-state index is -1.11. The maximum Gasteiger partial charge on any atom is 0.344 e. The van der Waals surface area contributed by atoms with Crippen molar-refractivity contribution in [1.82, 2.24) is 10.6 Å². The van der Waals surface area contributed by atoms with Crippen molar-refractivity contribution >= 4 is 41.3 Å². The van der Waals surface area contributed by atoms with Crippen LogP contribution in [0, 0.1) is 5.92 Å². The Morgan fingerprint density at radius 3 is 1.25 bits per heavy atom. The van der Waals surface area contributed by atoms with E-state index >= 15 is 0 Å². The molecule has 0 saturated carbocycles. The summed E-state index contributed by atoms with van der Waals surface area (Å²) in [5, 5.41) is 14.7. The Balaban J connectivity index is 0.0000451. The van der Waals surface area contributed by atoms with Crippen molar-refractivity contribution in [1.29, 1.82) is 0 Å². The van der Waals surface area contributed by atoms with Crippen molar-refractivity contribution < 1.29 is 119 Å². The van der Waals surface area contributed by atoms with Gasteiger partial charge in [0.05, 0.1) is 158 Å². The molecule has 0 bridgehead atoms. The first-order valence-electron chi connectivity index (χ1n) is 32.3. The number of carbonyl (C=O) groups excluding carboxylic acids is 6. The molecule has 2 rings (SSSR count). The van der Waals surface area contributed by atoms with Gasteiger partial charge in [-0.1, -0.05) is 31.7 Å². The fourth-order valence-corrected chi connectivity index (χ4v) is 8.17. The van der Waals surface area contributed by atoms with Crippen molar-refractivity contribution in [3.63, 3.8) is 0 Å². The highest BCUT2D eigenvalue weighted by Gasteiger charge is 2.24. The van der Waals surface area contributed by atoms with Gasteiger partial charge < -0.3 is 96.3 Å². The Bertz CT molecular complexity index is 2310. The summed E-state index contributed by atoms with van der Waals surface area (Å²) in [6, 6.07) is 12.8. The Morgan fingerprint density at radius 2 is 0.811 bits per heavy atom. The van der Waals surface area contributed by atoms with Gasteiger partial charge in [-0.2, -0.15) is 0 Å². The molecule has 0 saturated heterocycles. The lowest BCUT2D eigenvalue weighted by Crippen LogP contribution is -2.42. The number of ketones is 2. The van der Waals surface area contributed by atoms with Crippen LogP contribution in [0.4, 0.5) is 0 Å². The van der Waals surface area contributed by atoms with Gasteiger partial charge in [-0.15, -0.1) is 0 Å². The number of hydrogen-bond donors (Lipinski definition) is 3. The number of hydrogen-bond acceptors (Lipinski definition) is 24. The number of benzene rings is 2. The fourth-order valence-electron chi connectivity index (χ4n) is 8.17. The normalized spacial score (nSPS) is 12.1. The van der Waals surface area contributed by atoms with Gasteiger partial charge in [0.25, 0.3) is 0 Å². The number of rotatable bonds is 62. The minimum Gasteiger partial charge on any atom is -0.482 e. The van der Waals surface area contributed by atoms with Crippen molar-refractivity contribution in [3.8, 4) is 11.5 Å². The molecule has 2 atom stereocenters. The molecule has 0 spiro atoms. The molecular formula is C68H112N2O25. The van der Waals surface area contributed by atoms with Gasteiger partial charge in [0.15, 0.2) is 19.0 Å². The Hall–Kier alpha value is -5.79. The maximum atomic E-state index is 13.5. The minimum absolute atomic E-state index is 0. The fraction of sp³-hybridized carbons (Fsp3) is 0.721. The van der Waals surface area contributed by atoms with Gasteiger partial charge in [-0.3, -0.25) is 24.0 Å². The molecular weight excluding hydrogens is 1240 g/mol. The molecule has 2 amide bonds. The van der Waals surface area contributed by atoms with E-state index in [1.807, 2.05) is 20.8 Å². The number of amides is 2. The topological polar surface area (TPSA) is 321 Å². The zero-order chi connectivity index (χ0) is 68.8. The van der Waals surface area contributed by atoms with Crippen LogP contribution in [-0.4, -0.2) is 256 Å². The van der Waals surface area contributed by atoms with Gasteiger partial charge in [-0.05, 0) is 103 Å². The third kappa shape index (κ3) is 53.0. The Kier molecular flexibility index (Phi) is 51.6. The van der Waals surface area contributed by atoms with E-state index in [2.05, 4.69) is 10.6 Å². The first-order valence-corrected chi connectivity index (χ1v) is 32.3. The molecule has 27 heteroatoms. The second kappa shape index (κ2) is 56.3. The summed E-state index contributed by atoms with van der Waals surface area (Å²) in [6.07, 6.45) is 2.05. The predicted octanol–water partition coefficient (Wildman–Crippen LogP) is 5.57. The standard InChI is InChI=1S/C67H108N2O25.CH4/c1-66(2,3)93-63(75)11-9-24-80-31-36-86-42-44-87-37-32-81-25-20-56(70)50-55(48-53-12-16-58(17-13-53)92-52-64(76)94-67(4,5)6)65(77)68-22-27-83-34-39-89-46-45-88-38-33-82-26-21-61(72)69-59(49-54-14-18-57(19-15-54)91-51-62(73)74)60(71)10-8-23-79-30-35-85-43-47-90-41-40-84-29-28-78-7;/h12-19,55,59H,8-11,20-52H2,1-7H3,(H,68,77)(H,69,72)(H,73,74);1H4. The van der Waals surface area contributed by atoms with Gasteiger partial charge >= 0.3 is 17.9 Å². The number of carboxylic acid groups (broad SMARTS) is 1. The molecule has 0 aliphatic heterocycles. The van der Waals surface area contributed by atoms with Crippen LogP contribution in [0.15, 0.2) is 48.5 Å². The van der Waals surface area contributed by atoms with Crippen LogP contribution in [0.5, 0.6) is 11.5 Å². The number of carbonyl (C=O) groups is 7. The van der Waals surface area contributed by atoms with Crippen LogP contribution in [0.2, 0.25) is 0 Å². The number of carboxylic acids is 1. The molecule has 3 N–H and O–H groups in total. The molecule has 0 aromatic heterocycles. The average molecular weight is 1360 g/mol. The summed E-state index contributed by atoms with van der Waals surface area (Å²) in [6.45, 7) is 18.7. The molecule has 0 aliphatic carbocycles. The zero-order valence-corrected chi connectivity index (χ0v) is 56.7. The zero-order valence-electron chi connectivity index (χ0n) is 56.7. The van der Waals surface area contributed by atoms with E-state index in [0.29, 0.717) is 136 Å². The van der Waals surface area contributed by atoms with Crippen LogP contribution >= 0.6 is 0 Å². The number of ether oxygens (including phenoxy) is 17. The molecule has 0 fully saturated rings. The summed E-state index contributed by atoms with van der Waals surface area (Å²) in [7, 11) is 1.61. The lowest BCUT2D eigenvalue weighted by atomic mass is 9.92. The molecule has 0 radical (unpaired) electrons. The SMILES string of the molecule is C.COCCOCCOCCOCCOCCCC(=O)C(Cc1ccc(OCC(=O)O)cc1)NC(=O)CCOCCOCCOCCOCCNC(=O)C(CC(=O)CCOCCOCCOCCOCCCC(=O)OC(C)(C)C)Cc1ccc(OCC(=O)OC(C)(C)C)cc1. The highest BCUT2D eigenvalue weighted by atomic mass is 16.6. The second-order valence-corrected chi connectivity index (χ2v) is 23.2. The summed E-state index contributed by atoms with van der Waals surface area (Å²) in [4.78, 5) is 88.0. The lowest BCUT2D eigenvalue weighted by Gasteiger charge is -2.19. The Labute approximate surface area is 562 Å². The molecule has 27 nitrogen and oxygen atoms in total. The van der Waals surface area contributed by atoms with E-state index in [0.717, 1.165) is 11.1 Å². The first-order chi connectivity index (χ1) is 45.2. The smallest absolute Gasteiger partial charge is 0.344 e. The number of Topliss-reactive ketones (excluding diaryl/α,β-unsaturated/α-hetero) is 2. The molecule has 0 aliphatic rings. The van der Waals surface area contributed by atoms with Crippen molar-refractivity contribution in [2.45, 2.75) is 124 Å². The van der Waals surface area contributed by atoms with E-state index < -0.39 is 41.7 Å². The van der Waals surface area contributed by atoms with Crippen LogP contribution in [0.3, 0.4) is 0 Å². The lowest BCUT2D eigenvalue weighted by molar-refractivity contribution is -0.157. The summed E-state index contributed by atoms with van der Waals surface area (Å²) in [5.41, 5.74) is 0.380. The van der Waals surface area contributed by atoms with Crippen LogP contribution < -0.4 is 20.1 Å². The first kappa shape index (κ1) is 87.2. The number of esters is 2. The summed E-state index contributed by atoms with van der Waals surface area (Å²) in [5.74, 6) is -2.72. The second-order valence-electron chi connectivity index (χ2n) is 23.2. The Morgan fingerprint density at radius 1 is 0.432 bits per heavy atom. The number of methoxy groups -OCH3 is 1. The highest BCUT2D eigenvalue weighted by molar-refractivity contribution is 5.89. The molecule has 95 heavy (non-hydrogen) atoms. The summed E-state index contributed by atoms with van der Waals surface area (Å²) >= 11 is 0. The molecule has 544 valence electrons. The monoisotopic (exact) mass is 1360 g/mol. The van der Waals surface area contributed by atoms with E-state index in [4.69, 9.17) is 85.6 Å². The van der Waals surface area contributed by atoms with Crippen LogP contribution in [0.25, 0.3) is 0 Å². The quantitative estimate of drug-likeness (QED) is 0.0539. The van der Waals surface area contributed by atoms with Crippen molar-refractivity contribution in [2.24, 2.45) is 5.92 Å². The van der Waals surface area contributed by atoms with Gasteiger partial charge in [-0.25, -0.2) is 9.59 Å². The molecule has 2 unspecified atom stereocenters. The average Bonchev–Trinajstić information content (AvgIpc) is 1.72. The third-order valence-corrected chi connectivity index (χ3v) is 12.6. The predicted molar refractivity (Wildman–Crippen MR) is 350 cm³/mol. The van der Waals surface area contributed by atoms with Gasteiger partial charge in [0.1, 0.15) is 28.5 Å². The van der Waals surface area contributed by atoms with E-state index in [-0.39, 0.29) is 148 Å². The van der Waals surface area contributed by atoms with E-state index in [1.165, 1.54) is 0 Å². The van der Waals surface area contributed by atoms with E-state index in [9.17, 15) is 33.6 Å². The number of nitrogens with one attached hydrogen (secondary N) is 2. The van der Waals surface area contributed by atoms with Crippen LogP contribution in [0.1, 0.15) is 105 Å². The summed E-state index contributed by atoms with van der Waals surface area (Å²) < 4.78 is 93.0. The van der Waals surface area contributed by atoms with Gasteiger partial charge in [0.2, 0.25) is 11.8 Å². The number of aliphatic carboxylic acids is 1. The van der Waals surface area contributed by atoms with Crippen LogP contribution in [-0.2, 0) is 117 Å². The highest BCUT2D eigenvalue weighted by Crippen LogP contribution is 2.20. The van der Waals surface area contributed by atoms with E-state index in [1.54, 1.807) is 76.4 Å². The maximum absolute atomic E-state index is 13.5. The third-order valence-electron chi connectivity index (χ3n) is 12.6. The van der Waals surface area contributed by atoms with Crippen molar-refractivity contribution in [2.75, 3.05) is 192 Å². The largest absolute Gasteiger partial charge is 0.482 e. The van der Waals surface area contributed by atoms with Crippen molar-refractivity contribution in [3.05, 3.63) is 59.7 Å². The molecule has 2 aromatic rings. The molecule has 0 heterocycles. The van der Waals surface area contributed by atoms with Gasteiger partial charge in [0, 0.05) is 64.9 Å². The molecule has 2 aromatic carbocycles.